The molecule has 0 aliphatic carbocycles. The van der Waals surface area contributed by atoms with Gasteiger partial charge in [-0.2, -0.15) is 0 Å². The van der Waals surface area contributed by atoms with Crippen LogP contribution in [0.15, 0.2) is 30.3 Å². The zero-order valence-electron chi connectivity index (χ0n) is 17.0. The van der Waals surface area contributed by atoms with Gasteiger partial charge < -0.3 is 25.5 Å². The van der Waals surface area contributed by atoms with Crippen molar-refractivity contribution in [2.45, 2.75) is 40.5 Å². The predicted molar refractivity (Wildman–Crippen MR) is 112 cm³/mol. The normalized spacial score (nSPS) is 11.0. The first-order valence-electron chi connectivity index (χ1n) is 9.42. The van der Waals surface area contributed by atoms with Crippen molar-refractivity contribution in [2.75, 3.05) is 0 Å². The molecule has 0 aliphatic heterocycles. The van der Waals surface area contributed by atoms with Gasteiger partial charge in [0.05, 0.1) is 0 Å². The van der Waals surface area contributed by atoms with Crippen molar-refractivity contribution in [1.82, 2.24) is 0 Å². The molecular weight excluding hydrogens is 368 g/mol. The monoisotopic (exact) mass is 394 g/mol. The zero-order chi connectivity index (χ0) is 21.5. The van der Waals surface area contributed by atoms with E-state index < -0.39 is 5.75 Å². The molecule has 0 saturated heterocycles. The molecule has 3 aromatic rings. The topological polar surface area (TPSA) is 101 Å². The first-order chi connectivity index (χ1) is 13.6. The van der Waals surface area contributed by atoms with Gasteiger partial charge in [-0.25, -0.2) is 0 Å². The smallest absolute Gasteiger partial charge is 0.200 e. The van der Waals surface area contributed by atoms with Crippen LogP contribution in [0.3, 0.4) is 0 Å². The largest absolute Gasteiger partial charge is 0.507 e. The van der Waals surface area contributed by atoms with Gasteiger partial charge in [0.15, 0.2) is 11.5 Å². The Morgan fingerprint density at radius 2 is 0.759 bits per heavy atom. The summed E-state index contributed by atoms with van der Waals surface area (Å²) < 4.78 is 0. The molecule has 0 atom stereocenters. The lowest BCUT2D eigenvalue weighted by molar-refractivity contribution is 0.363. The minimum Gasteiger partial charge on any atom is -0.507 e. The highest BCUT2D eigenvalue weighted by molar-refractivity contribution is 5.60. The summed E-state index contributed by atoms with van der Waals surface area (Å²) in [5, 5.41) is 50.9. The summed E-state index contributed by atoms with van der Waals surface area (Å²) in [6.07, 6.45) is 0.671. The van der Waals surface area contributed by atoms with Crippen LogP contribution in [-0.4, -0.2) is 25.5 Å². The van der Waals surface area contributed by atoms with E-state index >= 15 is 0 Å². The number of hydrogen-bond donors (Lipinski definition) is 5. The SMILES string of the molecule is Cc1cc(Cc2cc(Cc3cc(C)c(O)c(C)c3)c(O)c(O)c2O)cc(C)c1O. The molecule has 3 rings (SSSR count). The van der Waals surface area contributed by atoms with Gasteiger partial charge >= 0.3 is 0 Å². The Morgan fingerprint density at radius 3 is 1.07 bits per heavy atom. The van der Waals surface area contributed by atoms with Gasteiger partial charge in [0.25, 0.3) is 0 Å². The second-order valence-corrected chi connectivity index (χ2v) is 7.75. The lowest BCUT2D eigenvalue weighted by Crippen LogP contribution is -1.97. The van der Waals surface area contributed by atoms with E-state index in [1.54, 1.807) is 33.8 Å². The van der Waals surface area contributed by atoms with Gasteiger partial charge in [-0.15, -0.1) is 0 Å². The van der Waals surface area contributed by atoms with Gasteiger partial charge in [-0.3, -0.25) is 0 Å². The lowest BCUT2D eigenvalue weighted by atomic mass is 9.94. The van der Waals surface area contributed by atoms with Gasteiger partial charge in [0.2, 0.25) is 5.75 Å². The standard InChI is InChI=1S/C24H26O5/c1-12-5-16(6-13(2)20(12)25)9-18-11-19(23(28)24(29)22(18)27)10-17-7-14(3)21(26)15(4)8-17/h5-8,11,25-29H,9-10H2,1-4H3. The fourth-order valence-corrected chi connectivity index (χ4v) is 3.77. The minimum absolute atomic E-state index is 0.241. The van der Waals surface area contributed by atoms with Crippen LogP contribution in [0, 0.1) is 27.7 Å². The predicted octanol–water partition coefficient (Wildman–Crippen LogP) is 4.63. The molecule has 3 aromatic carbocycles. The van der Waals surface area contributed by atoms with Gasteiger partial charge in [0.1, 0.15) is 11.5 Å². The van der Waals surface area contributed by atoms with Crippen molar-refractivity contribution >= 4 is 0 Å². The molecule has 0 radical (unpaired) electrons. The molecule has 5 N–H and O–H groups in total. The fourth-order valence-electron chi connectivity index (χ4n) is 3.77. The Balaban J connectivity index is 2.01. The van der Waals surface area contributed by atoms with E-state index in [0.717, 1.165) is 33.4 Å². The molecule has 0 spiro atoms. The Labute approximate surface area is 170 Å². The first kappa shape index (κ1) is 20.4. The Kier molecular flexibility index (Phi) is 5.33. The maximum atomic E-state index is 10.4. The quantitative estimate of drug-likeness (QED) is 0.415. The van der Waals surface area contributed by atoms with Crippen molar-refractivity contribution in [1.29, 1.82) is 0 Å². The van der Waals surface area contributed by atoms with Crippen LogP contribution < -0.4 is 0 Å². The fraction of sp³-hybridized carbons (Fsp3) is 0.250. The van der Waals surface area contributed by atoms with Gasteiger partial charge in [-0.05, 0) is 67.1 Å². The third-order valence-corrected chi connectivity index (χ3v) is 5.30. The molecule has 0 saturated carbocycles. The number of hydrogen-bond acceptors (Lipinski definition) is 5. The Bertz CT molecular complexity index is 969. The van der Waals surface area contributed by atoms with Crippen LogP contribution in [0.4, 0.5) is 0 Å². The first-order valence-corrected chi connectivity index (χ1v) is 9.42. The number of rotatable bonds is 4. The molecule has 152 valence electrons. The number of aromatic hydroxyl groups is 5. The van der Waals surface area contributed by atoms with Gasteiger partial charge in [-0.1, -0.05) is 24.3 Å². The van der Waals surface area contributed by atoms with E-state index in [1.165, 1.54) is 0 Å². The van der Waals surface area contributed by atoms with Crippen LogP contribution in [0.2, 0.25) is 0 Å². The average Bonchev–Trinajstić information content (AvgIpc) is 2.66. The molecule has 0 aromatic heterocycles. The molecule has 0 amide bonds. The Morgan fingerprint density at radius 1 is 0.448 bits per heavy atom. The summed E-state index contributed by atoms with van der Waals surface area (Å²) in [5.41, 5.74) is 5.64. The summed E-state index contributed by atoms with van der Waals surface area (Å²) in [5.74, 6) is -0.770. The van der Waals surface area contributed by atoms with Crippen LogP contribution in [0.5, 0.6) is 28.7 Å². The summed E-state index contributed by atoms with van der Waals surface area (Å²) >= 11 is 0. The van der Waals surface area contributed by atoms with Crippen LogP contribution in [0.1, 0.15) is 44.5 Å². The molecule has 29 heavy (non-hydrogen) atoms. The second kappa shape index (κ2) is 7.59. The molecular formula is C24H26O5. The summed E-state index contributed by atoms with van der Waals surface area (Å²) in [6.45, 7) is 7.23. The van der Waals surface area contributed by atoms with Gasteiger partial charge in [0, 0.05) is 24.0 Å². The second-order valence-electron chi connectivity index (χ2n) is 7.75. The van der Waals surface area contributed by atoms with Crippen molar-refractivity contribution in [2.24, 2.45) is 0 Å². The highest BCUT2D eigenvalue weighted by atomic mass is 16.3. The van der Waals surface area contributed by atoms with Crippen molar-refractivity contribution < 1.29 is 25.5 Å². The van der Waals surface area contributed by atoms with Crippen molar-refractivity contribution in [3.8, 4) is 28.7 Å². The van der Waals surface area contributed by atoms with E-state index in [9.17, 15) is 25.5 Å². The molecule has 0 bridgehead atoms. The summed E-state index contributed by atoms with van der Waals surface area (Å²) in [4.78, 5) is 0. The van der Waals surface area contributed by atoms with E-state index in [0.29, 0.717) is 24.0 Å². The number of aryl methyl sites for hydroxylation is 4. The highest BCUT2D eigenvalue weighted by Gasteiger charge is 2.18. The van der Waals surface area contributed by atoms with E-state index in [1.807, 2.05) is 24.3 Å². The third-order valence-electron chi connectivity index (χ3n) is 5.30. The van der Waals surface area contributed by atoms with E-state index in [-0.39, 0.29) is 23.0 Å². The molecule has 0 fully saturated rings. The average molecular weight is 394 g/mol. The maximum Gasteiger partial charge on any atom is 0.200 e. The summed E-state index contributed by atoms with van der Waals surface area (Å²) in [7, 11) is 0. The van der Waals surface area contributed by atoms with Crippen molar-refractivity contribution in [3.05, 3.63) is 74.8 Å². The summed E-state index contributed by atoms with van der Waals surface area (Å²) in [6, 6.07) is 9.01. The molecule has 0 unspecified atom stereocenters. The minimum atomic E-state index is -0.544. The van der Waals surface area contributed by atoms with E-state index in [2.05, 4.69) is 0 Å². The molecule has 5 nitrogen and oxygen atoms in total. The Hall–Kier alpha value is -3.34. The molecule has 0 aliphatic rings. The maximum absolute atomic E-state index is 10.4. The molecule has 5 heteroatoms. The van der Waals surface area contributed by atoms with Crippen LogP contribution >= 0.6 is 0 Å². The van der Waals surface area contributed by atoms with Crippen molar-refractivity contribution in [3.63, 3.8) is 0 Å². The lowest BCUT2D eigenvalue weighted by Gasteiger charge is -2.15. The van der Waals surface area contributed by atoms with Crippen LogP contribution in [-0.2, 0) is 12.8 Å². The van der Waals surface area contributed by atoms with Crippen LogP contribution in [0.25, 0.3) is 0 Å². The number of phenols is 5. The highest BCUT2D eigenvalue weighted by Crippen LogP contribution is 2.42. The molecule has 0 heterocycles. The third kappa shape index (κ3) is 3.94. The number of phenolic OH excluding ortho intramolecular Hbond substituents is 5. The zero-order valence-corrected chi connectivity index (χ0v) is 17.0. The number of benzene rings is 3. The van der Waals surface area contributed by atoms with E-state index in [4.69, 9.17) is 0 Å².